The van der Waals surface area contributed by atoms with Gasteiger partial charge in [-0.2, -0.15) is 0 Å². The van der Waals surface area contributed by atoms with Gasteiger partial charge in [0, 0.05) is 25.9 Å². The maximum absolute atomic E-state index is 13.9. The van der Waals surface area contributed by atoms with Crippen molar-refractivity contribution in [3.8, 4) is 0 Å². The molecule has 0 spiro atoms. The van der Waals surface area contributed by atoms with E-state index in [1.165, 1.54) is 122 Å². The number of rotatable bonds is 39. The summed E-state index contributed by atoms with van der Waals surface area (Å²) in [6.45, 7) is 3.89. The molecule has 3 atom stereocenters. The van der Waals surface area contributed by atoms with Crippen molar-refractivity contribution in [1.82, 2.24) is 0 Å². The molecule has 0 heterocycles. The molecule has 0 aliphatic rings. The number of carbonyl (C=O) groups is 2. The van der Waals surface area contributed by atoms with Gasteiger partial charge in [0.15, 0.2) is 0 Å². The number of hydrogen-bond acceptors (Lipinski definition) is 7. The molecule has 7 nitrogen and oxygen atoms in total. The standard InChI is InChI=1S/C40H79O7P.2Na.2H/c1-3-5-7-9-11-13-15-17-19-21-23-25-27-31-37(43)35-38(36-42)47-48(46,40(45)33-29-30-34-41)39(44)32-28-26-24-22-20-18-16-14-12-10-8-6-4-2;;;;/h38,40-42,45H,3-36H2,1-2H3;;;;. The number of Topliss-reactive ketones (excluding diaryl/α,β-unsaturated/α-hetero) is 1. The maximum atomic E-state index is 13.9. The molecule has 0 rings (SSSR count). The third-order valence-corrected chi connectivity index (χ3v) is 12.2. The van der Waals surface area contributed by atoms with Crippen molar-refractivity contribution >= 4 is 77.8 Å². The minimum atomic E-state index is -4.19. The second kappa shape index (κ2) is 41.6. The number of hydrogen-bond donors (Lipinski definition) is 3. The first-order chi connectivity index (χ1) is 23.3. The number of ketones is 1. The summed E-state index contributed by atoms with van der Waals surface area (Å²) in [6.07, 6.45) is 31.3. The van der Waals surface area contributed by atoms with Gasteiger partial charge < -0.3 is 19.8 Å². The molecule has 0 aliphatic heterocycles. The first-order valence-electron chi connectivity index (χ1n) is 20.6. The van der Waals surface area contributed by atoms with Crippen LogP contribution in [-0.4, -0.2) is 111 Å². The molecule has 3 N–H and O–H groups in total. The molecule has 0 aromatic carbocycles. The Kier molecular flexibility index (Phi) is 46.3. The van der Waals surface area contributed by atoms with E-state index in [0.29, 0.717) is 25.7 Å². The van der Waals surface area contributed by atoms with Crippen LogP contribution in [0.3, 0.4) is 0 Å². The average molecular weight is 751 g/mol. The number of unbranched alkanes of at least 4 members (excludes halogenated alkanes) is 25. The van der Waals surface area contributed by atoms with E-state index in [0.717, 1.165) is 38.5 Å². The molecule has 0 aromatic rings. The first kappa shape index (κ1) is 55.7. The molecule has 0 bridgehead atoms. The van der Waals surface area contributed by atoms with Gasteiger partial charge in [0.2, 0.25) is 5.52 Å². The van der Waals surface area contributed by atoms with Crippen LogP contribution < -0.4 is 0 Å². The van der Waals surface area contributed by atoms with Crippen molar-refractivity contribution < 1.29 is 34.0 Å². The molecule has 0 fully saturated rings. The summed E-state index contributed by atoms with van der Waals surface area (Å²) in [5, 5.41) is 29.9. The van der Waals surface area contributed by atoms with Crippen LogP contribution in [0, 0.1) is 0 Å². The van der Waals surface area contributed by atoms with Crippen molar-refractivity contribution in [2.24, 2.45) is 0 Å². The number of aliphatic hydroxyl groups is 3. The SMILES string of the molecule is CCCCCCCCCCCCCCCC(=O)CC(CO)OP(=O)(C(=O)CCCCCCCCCCCCCCC)C(O)CCCCO.[NaH].[NaH]. The number of carbonyl (C=O) groups excluding carboxylic acids is 2. The zero-order chi connectivity index (χ0) is 35.6. The monoisotopic (exact) mass is 751 g/mol. The van der Waals surface area contributed by atoms with Gasteiger partial charge in [-0.3, -0.25) is 14.2 Å². The zero-order valence-electron chi connectivity index (χ0n) is 31.6. The average Bonchev–Trinajstić information content (AvgIpc) is 3.08. The van der Waals surface area contributed by atoms with Gasteiger partial charge in [0.1, 0.15) is 11.6 Å². The van der Waals surface area contributed by atoms with Crippen LogP contribution in [0.25, 0.3) is 0 Å². The van der Waals surface area contributed by atoms with Gasteiger partial charge in [-0.05, 0) is 32.1 Å². The Morgan fingerprint density at radius 3 is 1.26 bits per heavy atom. The Labute approximate surface area is 353 Å². The fraction of sp³-hybridized carbons (Fsp3) is 0.950. The van der Waals surface area contributed by atoms with E-state index in [-0.39, 0.29) is 90.8 Å². The molecule has 10 heteroatoms. The molecule has 0 saturated carbocycles. The predicted molar refractivity (Wildman–Crippen MR) is 216 cm³/mol. The van der Waals surface area contributed by atoms with E-state index < -0.39 is 31.4 Å². The fourth-order valence-corrected chi connectivity index (χ4v) is 8.57. The van der Waals surface area contributed by atoms with Gasteiger partial charge in [-0.15, -0.1) is 0 Å². The Morgan fingerprint density at radius 1 is 0.540 bits per heavy atom. The molecule has 0 saturated heterocycles. The van der Waals surface area contributed by atoms with E-state index >= 15 is 0 Å². The van der Waals surface area contributed by atoms with Crippen LogP contribution in [0.5, 0.6) is 0 Å². The predicted octanol–water partition coefficient (Wildman–Crippen LogP) is 10.3. The van der Waals surface area contributed by atoms with Crippen LogP contribution in [0.4, 0.5) is 0 Å². The Bertz CT molecular complexity index is 787. The summed E-state index contributed by atoms with van der Waals surface area (Å²) in [4.78, 5) is 25.9. The van der Waals surface area contributed by atoms with Gasteiger partial charge in [-0.25, -0.2) is 0 Å². The van der Waals surface area contributed by atoms with Gasteiger partial charge in [-0.1, -0.05) is 168 Å². The van der Waals surface area contributed by atoms with Crippen LogP contribution in [0.1, 0.15) is 219 Å². The van der Waals surface area contributed by atoms with Gasteiger partial charge >= 0.3 is 59.1 Å². The molecular formula is C40H81Na2O7P. The quantitative estimate of drug-likeness (QED) is 0.0325. The normalized spacial score (nSPS) is 13.6. The van der Waals surface area contributed by atoms with Gasteiger partial charge in [0.05, 0.1) is 12.7 Å². The van der Waals surface area contributed by atoms with Crippen LogP contribution in [0.15, 0.2) is 0 Å². The molecule has 0 radical (unpaired) electrons. The van der Waals surface area contributed by atoms with E-state index in [1.807, 2.05) is 0 Å². The molecule has 0 aromatic heterocycles. The van der Waals surface area contributed by atoms with E-state index in [2.05, 4.69) is 13.8 Å². The summed E-state index contributed by atoms with van der Waals surface area (Å²) in [6, 6.07) is 0. The second-order valence-corrected chi connectivity index (χ2v) is 16.8. The summed E-state index contributed by atoms with van der Waals surface area (Å²) in [5.41, 5.74) is -0.607. The Morgan fingerprint density at radius 2 is 0.900 bits per heavy atom. The summed E-state index contributed by atoms with van der Waals surface area (Å²) >= 11 is 0. The summed E-state index contributed by atoms with van der Waals surface area (Å²) in [7, 11) is -4.19. The van der Waals surface area contributed by atoms with Crippen molar-refractivity contribution in [3.63, 3.8) is 0 Å². The molecule has 3 unspecified atom stereocenters. The minimum absolute atomic E-state index is 0. The molecule has 50 heavy (non-hydrogen) atoms. The molecular weight excluding hydrogens is 669 g/mol. The third-order valence-electron chi connectivity index (χ3n) is 9.63. The van der Waals surface area contributed by atoms with Crippen molar-refractivity contribution in [2.45, 2.75) is 231 Å². The summed E-state index contributed by atoms with van der Waals surface area (Å²) in [5.74, 6) is -1.58. The van der Waals surface area contributed by atoms with Crippen LogP contribution >= 0.6 is 7.37 Å². The van der Waals surface area contributed by atoms with Crippen molar-refractivity contribution in [2.75, 3.05) is 13.2 Å². The van der Waals surface area contributed by atoms with Gasteiger partial charge in [0.25, 0.3) is 7.37 Å². The van der Waals surface area contributed by atoms with Crippen molar-refractivity contribution in [3.05, 3.63) is 0 Å². The molecule has 0 aliphatic carbocycles. The summed E-state index contributed by atoms with van der Waals surface area (Å²) < 4.78 is 19.6. The third kappa shape index (κ3) is 32.8. The molecule has 290 valence electrons. The Hall–Kier alpha value is 1.41. The van der Waals surface area contributed by atoms with E-state index in [9.17, 15) is 24.4 Å². The van der Waals surface area contributed by atoms with Crippen LogP contribution in [-0.2, 0) is 18.7 Å². The van der Waals surface area contributed by atoms with E-state index in [4.69, 9.17) is 9.63 Å². The topological polar surface area (TPSA) is 121 Å². The number of aliphatic hydroxyl groups excluding tert-OH is 3. The Balaban J connectivity index is -0.0000110. The second-order valence-electron chi connectivity index (χ2n) is 14.3. The fourth-order valence-electron chi connectivity index (χ4n) is 6.41. The molecule has 0 amide bonds. The van der Waals surface area contributed by atoms with Crippen LogP contribution in [0.2, 0.25) is 0 Å². The van der Waals surface area contributed by atoms with Crippen molar-refractivity contribution in [1.29, 1.82) is 0 Å². The first-order valence-corrected chi connectivity index (χ1v) is 22.3. The van der Waals surface area contributed by atoms with E-state index in [1.54, 1.807) is 0 Å². The zero-order valence-corrected chi connectivity index (χ0v) is 32.5.